The lowest BCUT2D eigenvalue weighted by Crippen LogP contribution is -2.38. The zero-order valence-corrected chi connectivity index (χ0v) is 21.1. The highest BCUT2D eigenvalue weighted by atomic mass is 16.5. The molecule has 0 spiro atoms. The van der Waals surface area contributed by atoms with E-state index in [1.807, 2.05) is 52.0 Å². The van der Waals surface area contributed by atoms with Gasteiger partial charge in [0, 0.05) is 18.7 Å². The van der Waals surface area contributed by atoms with Gasteiger partial charge in [0.1, 0.15) is 11.5 Å². The molecule has 0 saturated carbocycles. The number of Topliss-reactive ketones (excluding diaryl/α,β-unsaturated/α-hetero) is 1. The quantitative estimate of drug-likeness (QED) is 0.326. The van der Waals surface area contributed by atoms with Crippen LogP contribution in [-0.2, 0) is 9.59 Å². The van der Waals surface area contributed by atoms with Crippen LogP contribution in [0.15, 0.2) is 48.0 Å². The van der Waals surface area contributed by atoms with Crippen LogP contribution in [-0.4, -0.2) is 58.9 Å². The van der Waals surface area contributed by atoms with Crippen molar-refractivity contribution in [2.75, 3.05) is 26.2 Å². The number of amides is 1. The molecule has 1 amide bonds. The number of aliphatic hydroxyl groups excluding tert-OH is 1. The molecule has 0 aliphatic carbocycles. The molecule has 6 nitrogen and oxygen atoms in total. The second-order valence-electron chi connectivity index (χ2n) is 9.08. The van der Waals surface area contributed by atoms with Crippen LogP contribution < -0.4 is 4.74 Å². The van der Waals surface area contributed by atoms with Crippen LogP contribution in [0, 0.1) is 13.8 Å². The summed E-state index contributed by atoms with van der Waals surface area (Å²) in [6.07, 6.45) is 0.0239. The minimum Gasteiger partial charge on any atom is -0.507 e. The Labute approximate surface area is 202 Å². The summed E-state index contributed by atoms with van der Waals surface area (Å²) < 4.78 is 5.81. The molecule has 1 aliphatic rings. The topological polar surface area (TPSA) is 70.1 Å². The third-order valence-corrected chi connectivity index (χ3v) is 6.30. The lowest BCUT2D eigenvalue weighted by molar-refractivity contribution is -0.140. The molecule has 3 rings (SSSR count). The average Bonchev–Trinajstić information content (AvgIpc) is 3.05. The molecule has 1 fully saturated rings. The maximum atomic E-state index is 13.2. The number of rotatable bonds is 9. The standard InChI is InChI=1S/C28H36N2O4/c1-7-29(8-2)15-16-30-25(21-11-9-19(5)10-12-21)24(27(32)28(30)33)26(31)22-13-14-23(20(6)17-22)34-18(3)4/h9-14,17-18,25,31H,7-8,15-16H2,1-6H3/t25-/m1/s1. The van der Waals surface area contributed by atoms with Crippen molar-refractivity contribution >= 4 is 17.4 Å². The predicted molar refractivity (Wildman–Crippen MR) is 135 cm³/mol. The van der Waals surface area contributed by atoms with Crippen LogP contribution in [0.25, 0.3) is 5.76 Å². The zero-order valence-electron chi connectivity index (χ0n) is 21.1. The first-order valence-electron chi connectivity index (χ1n) is 12.0. The number of carbonyl (C=O) groups excluding carboxylic acids is 2. The summed E-state index contributed by atoms with van der Waals surface area (Å²) in [5, 5.41) is 11.3. The van der Waals surface area contributed by atoms with Gasteiger partial charge in [-0.25, -0.2) is 0 Å². The largest absolute Gasteiger partial charge is 0.507 e. The smallest absolute Gasteiger partial charge is 0.295 e. The summed E-state index contributed by atoms with van der Waals surface area (Å²) in [6.45, 7) is 14.7. The Balaban J connectivity index is 2.08. The highest BCUT2D eigenvalue weighted by Gasteiger charge is 2.45. The molecule has 1 atom stereocenters. The Hall–Kier alpha value is -3.12. The molecule has 182 valence electrons. The molecular formula is C28H36N2O4. The number of aliphatic hydroxyl groups is 1. The first kappa shape index (κ1) is 25.5. The van der Waals surface area contributed by atoms with Gasteiger partial charge in [0.05, 0.1) is 17.7 Å². The van der Waals surface area contributed by atoms with Crippen molar-refractivity contribution < 1.29 is 19.4 Å². The van der Waals surface area contributed by atoms with Gasteiger partial charge in [-0.2, -0.15) is 0 Å². The number of ether oxygens (including phenoxy) is 1. The lowest BCUT2D eigenvalue weighted by Gasteiger charge is -2.28. The number of nitrogens with zero attached hydrogens (tertiary/aromatic N) is 2. The van der Waals surface area contributed by atoms with Gasteiger partial charge in [0.15, 0.2) is 0 Å². The third-order valence-electron chi connectivity index (χ3n) is 6.30. The highest BCUT2D eigenvalue weighted by Crippen LogP contribution is 2.39. The van der Waals surface area contributed by atoms with Crippen molar-refractivity contribution in [3.63, 3.8) is 0 Å². The monoisotopic (exact) mass is 464 g/mol. The van der Waals surface area contributed by atoms with E-state index in [1.165, 1.54) is 0 Å². The molecule has 34 heavy (non-hydrogen) atoms. The van der Waals surface area contributed by atoms with Crippen molar-refractivity contribution in [2.45, 2.75) is 53.7 Å². The fraction of sp³-hybridized carbons (Fsp3) is 0.429. The van der Waals surface area contributed by atoms with Gasteiger partial charge in [0.2, 0.25) is 0 Å². The van der Waals surface area contributed by atoms with Gasteiger partial charge in [-0.3, -0.25) is 9.59 Å². The summed E-state index contributed by atoms with van der Waals surface area (Å²) in [7, 11) is 0. The predicted octanol–water partition coefficient (Wildman–Crippen LogP) is 4.85. The van der Waals surface area contributed by atoms with Crippen molar-refractivity contribution in [2.24, 2.45) is 0 Å². The van der Waals surface area contributed by atoms with Gasteiger partial charge >= 0.3 is 0 Å². The Morgan fingerprint density at radius 2 is 1.71 bits per heavy atom. The Morgan fingerprint density at radius 1 is 1.06 bits per heavy atom. The summed E-state index contributed by atoms with van der Waals surface area (Å²) in [5.74, 6) is -0.659. The van der Waals surface area contributed by atoms with Crippen molar-refractivity contribution in [1.29, 1.82) is 0 Å². The molecule has 2 aromatic rings. The van der Waals surface area contributed by atoms with E-state index >= 15 is 0 Å². The molecule has 1 N–H and O–H groups in total. The second-order valence-corrected chi connectivity index (χ2v) is 9.08. The SMILES string of the molecule is CCN(CC)CCN1C(=O)C(=O)C(=C(O)c2ccc(OC(C)C)c(C)c2)[C@H]1c1ccc(C)cc1. The fourth-order valence-electron chi connectivity index (χ4n) is 4.33. The van der Waals surface area contributed by atoms with Crippen molar-refractivity contribution in [1.82, 2.24) is 9.80 Å². The van der Waals surface area contributed by atoms with Crippen molar-refractivity contribution in [3.05, 3.63) is 70.3 Å². The van der Waals surface area contributed by atoms with E-state index in [-0.39, 0.29) is 17.4 Å². The van der Waals surface area contributed by atoms with E-state index in [9.17, 15) is 14.7 Å². The first-order chi connectivity index (χ1) is 16.2. The Kier molecular flexibility index (Phi) is 8.15. The molecule has 1 aliphatic heterocycles. The van der Waals surface area contributed by atoms with E-state index in [0.717, 1.165) is 35.5 Å². The number of carbonyl (C=O) groups is 2. The Bertz CT molecular complexity index is 1070. The van der Waals surface area contributed by atoms with Crippen LogP contribution in [0.4, 0.5) is 0 Å². The zero-order chi connectivity index (χ0) is 25.0. The minimum absolute atomic E-state index is 0.0239. The van der Waals surface area contributed by atoms with Crippen LogP contribution in [0.5, 0.6) is 5.75 Å². The van der Waals surface area contributed by atoms with Crippen LogP contribution in [0.2, 0.25) is 0 Å². The average molecular weight is 465 g/mol. The maximum absolute atomic E-state index is 13.2. The van der Waals surface area contributed by atoms with Gasteiger partial charge in [0.25, 0.3) is 11.7 Å². The van der Waals surface area contributed by atoms with Gasteiger partial charge in [-0.05, 0) is 70.1 Å². The molecule has 1 saturated heterocycles. The molecule has 0 unspecified atom stereocenters. The first-order valence-corrected chi connectivity index (χ1v) is 12.0. The molecule has 2 aromatic carbocycles. The second kappa shape index (κ2) is 10.9. The molecular weight excluding hydrogens is 428 g/mol. The molecule has 0 radical (unpaired) electrons. The summed E-state index contributed by atoms with van der Waals surface area (Å²) in [4.78, 5) is 30.1. The lowest BCUT2D eigenvalue weighted by atomic mass is 9.94. The summed E-state index contributed by atoms with van der Waals surface area (Å²) >= 11 is 0. The van der Waals surface area contributed by atoms with E-state index < -0.39 is 17.7 Å². The van der Waals surface area contributed by atoms with Crippen LogP contribution in [0.3, 0.4) is 0 Å². The number of hydrogen-bond acceptors (Lipinski definition) is 5. The highest BCUT2D eigenvalue weighted by molar-refractivity contribution is 6.46. The summed E-state index contributed by atoms with van der Waals surface area (Å²) in [6, 6.07) is 12.5. The van der Waals surface area contributed by atoms with E-state index in [0.29, 0.717) is 18.7 Å². The van der Waals surface area contributed by atoms with E-state index in [4.69, 9.17) is 4.74 Å². The van der Waals surface area contributed by atoms with Gasteiger partial charge < -0.3 is 19.6 Å². The number of likely N-dealkylation sites (N-methyl/N-ethyl adjacent to an activating group) is 1. The third kappa shape index (κ3) is 5.33. The number of ketones is 1. The normalized spacial score (nSPS) is 17.8. The minimum atomic E-state index is -0.650. The number of hydrogen-bond donors (Lipinski definition) is 1. The van der Waals surface area contributed by atoms with E-state index in [1.54, 1.807) is 23.1 Å². The van der Waals surface area contributed by atoms with Crippen molar-refractivity contribution in [3.8, 4) is 5.75 Å². The maximum Gasteiger partial charge on any atom is 0.295 e. The molecule has 6 heteroatoms. The summed E-state index contributed by atoms with van der Waals surface area (Å²) in [5.41, 5.74) is 3.36. The molecule has 0 bridgehead atoms. The fourth-order valence-corrected chi connectivity index (χ4v) is 4.33. The van der Waals surface area contributed by atoms with Crippen LogP contribution in [0.1, 0.15) is 56.0 Å². The Morgan fingerprint density at radius 3 is 2.26 bits per heavy atom. The van der Waals surface area contributed by atoms with Gasteiger partial charge in [-0.1, -0.05) is 43.7 Å². The van der Waals surface area contributed by atoms with Gasteiger partial charge in [-0.15, -0.1) is 0 Å². The number of likely N-dealkylation sites (tertiary alicyclic amines) is 1. The number of benzene rings is 2. The number of aryl methyl sites for hydroxylation is 2. The molecule has 1 heterocycles. The van der Waals surface area contributed by atoms with E-state index in [2.05, 4.69) is 18.7 Å². The van der Waals surface area contributed by atoms with Crippen LogP contribution >= 0.6 is 0 Å². The molecule has 0 aromatic heterocycles.